The van der Waals surface area contributed by atoms with E-state index in [-0.39, 0.29) is 12.0 Å². The van der Waals surface area contributed by atoms with Gasteiger partial charge in [0.2, 0.25) is 6.29 Å². The third-order valence-corrected chi connectivity index (χ3v) is 4.57. The van der Waals surface area contributed by atoms with E-state index in [0.29, 0.717) is 12.2 Å². The first-order valence-electron chi connectivity index (χ1n) is 7.73. The number of hydrogen-bond donors (Lipinski definition) is 0. The Bertz CT molecular complexity index is 566. The first-order valence-corrected chi connectivity index (χ1v) is 8.52. The predicted molar refractivity (Wildman–Crippen MR) is 88.1 cm³/mol. The summed E-state index contributed by atoms with van der Waals surface area (Å²) in [5, 5.41) is 0. The average Bonchev–Trinajstić information content (AvgIpc) is 2.48. The number of benzene rings is 1. The third-order valence-electron chi connectivity index (χ3n) is 4.07. The fourth-order valence-corrected chi connectivity index (χ4v) is 3.30. The summed E-state index contributed by atoms with van der Waals surface area (Å²) in [7, 11) is 0. The van der Waals surface area contributed by atoms with E-state index in [0.717, 1.165) is 10.0 Å². The molecule has 1 aromatic rings. The van der Waals surface area contributed by atoms with E-state index in [1.807, 2.05) is 32.9 Å². The van der Waals surface area contributed by atoms with Crippen molar-refractivity contribution in [3.8, 4) is 5.75 Å². The molecule has 0 amide bonds. The molecule has 23 heavy (non-hydrogen) atoms. The molecular weight excluding hydrogens is 367 g/mol. The van der Waals surface area contributed by atoms with Crippen LogP contribution in [0.3, 0.4) is 0 Å². The van der Waals surface area contributed by atoms with Crippen LogP contribution >= 0.6 is 15.9 Å². The van der Waals surface area contributed by atoms with Crippen LogP contribution in [0.5, 0.6) is 5.75 Å². The summed E-state index contributed by atoms with van der Waals surface area (Å²) in [6.45, 7) is 6.94. The molecule has 1 aliphatic rings. The molecule has 128 valence electrons. The Morgan fingerprint density at radius 3 is 2.70 bits per heavy atom. The minimum absolute atomic E-state index is 0.230. The Labute approximate surface area is 144 Å². The zero-order valence-corrected chi connectivity index (χ0v) is 15.3. The van der Waals surface area contributed by atoms with E-state index >= 15 is 0 Å². The van der Waals surface area contributed by atoms with Gasteiger partial charge in [0.1, 0.15) is 11.9 Å². The molecule has 0 unspecified atom stereocenters. The topological polar surface area (TPSA) is 44.8 Å². The summed E-state index contributed by atoms with van der Waals surface area (Å²) in [5.74, 6) is -0.184. The molecule has 0 saturated carbocycles. The molecule has 1 aliphatic heterocycles. The lowest BCUT2D eigenvalue weighted by Crippen LogP contribution is -2.55. The number of esters is 1. The molecule has 0 radical (unpaired) electrons. The Kier molecular flexibility index (Phi) is 6.03. The van der Waals surface area contributed by atoms with Crippen molar-refractivity contribution >= 4 is 21.9 Å². The fraction of sp³-hybridized carbons (Fsp3) is 0.588. The second-order valence-corrected chi connectivity index (χ2v) is 6.77. The van der Waals surface area contributed by atoms with Crippen LogP contribution in [0.2, 0.25) is 0 Å². The summed E-state index contributed by atoms with van der Waals surface area (Å²) in [6, 6.07) is 5.46. The lowest BCUT2D eigenvalue weighted by Gasteiger charge is -2.41. The van der Waals surface area contributed by atoms with Crippen LogP contribution in [0.25, 0.3) is 0 Å². The van der Waals surface area contributed by atoms with Gasteiger partial charge in [-0.25, -0.2) is 4.39 Å². The van der Waals surface area contributed by atoms with Gasteiger partial charge in [-0.3, -0.25) is 4.79 Å². The number of aryl methyl sites for hydroxylation is 1. The van der Waals surface area contributed by atoms with Crippen molar-refractivity contribution in [3.63, 3.8) is 0 Å². The monoisotopic (exact) mass is 388 g/mol. The highest BCUT2D eigenvalue weighted by atomic mass is 79.9. The number of carbonyl (C=O) groups is 1. The molecule has 0 bridgehead atoms. The highest BCUT2D eigenvalue weighted by molar-refractivity contribution is 9.10. The molecule has 2 rings (SSSR count). The molecule has 1 heterocycles. The highest BCUT2D eigenvalue weighted by Crippen LogP contribution is 2.34. The van der Waals surface area contributed by atoms with Crippen LogP contribution in [-0.4, -0.2) is 30.6 Å². The third kappa shape index (κ3) is 4.23. The number of ether oxygens (including phenoxy) is 3. The van der Waals surface area contributed by atoms with Gasteiger partial charge in [0.05, 0.1) is 6.10 Å². The van der Waals surface area contributed by atoms with Crippen molar-refractivity contribution in [2.45, 2.75) is 58.8 Å². The number of carbonyl (C=O) groups excluding carboxylic acids is 1. The van der Waals surface area contributed by atoms with Gasteiger partial charge >= 0.3 is 5.97 Å². The Morgan fingerprint density at radius 2 is 2.13 bits per heavy atom. The maximum absolute atomic E-state index is 14.8. The molecule has 0 spiro atoms. The van der Waals surface area contributed by atoms with E-state index in [9.17, 15) is 9.18 Å². The van der Waals surface area contributed by atoms with Gasteiger partial charge in [-0.15, -0.1) is 0 Å². The molecule has 0 aromatic heterocycles. The minimum Gasteiger partial charge on any atom is -0.461 e. The highest BCUT2D eigenvalue weighted by Gasteiger charge is 2.47. The van der Waals surface area contributed by atoms with Gasteiger partial charge < -0.3 is 14.2 Å². The number of rotatable bonds is 4. The summed E-state index contributed by atoms with van der Waals surface area (Å²) in [6.07, 6.45) is -3.05. The number of hydrogen-bond acceptors (Lipinski definition) is 4. The second kappa shape index (κ2) is 7.62. The summed E-state index contributed by atoms with van der Waals surface area (Å²) in [4.78, 5) is 11.3. The molecular formula is C17H22BrFO4. The maximum Gasteiger partial charge on any atom is 0.303 e. The molecule has 4 nitrogen and oxygen atoms in total. The van der Waals surface area contributed by atoms with Crippen LogP contribution in [0.15, 0.2) is 22.7 Å². The largest absolute Gasteiger partial charge is 0.461 e. The zero-order chi connectivity index (χ0) is 17.1. The molecule has 1 aromatic carbocycles. The smallest absolute Gasteiger partial charge is 0.303 e. The van der Waals surface area contributed by atoms with Crippen LogP contribution in [0, 0.1) is 12.8 Å². The summed E-state index contributed by atoms with van der Waals surface area (Å²) >= 11 is 3.38. The molecule has 1 fully saturated rings. The van der Waals surface area contributed by atoms with Gasteiger partial charge in [0.25, 0.3) is 0 Å². The standard InChI is InChI=1S/C17H22BrFO4/c1-5-13-10(3)16(21-11(4)20)15(19)17(22-13)23-14-7-6-12(18)8-9(14)2/h6-8,10,13,15-17H,5H2,1-4H3/t10-,13-,15+,16+,17-/m1/s1. The molecule has 0 aliphatic carbocycles. The van der Waals surface area contributed by atoms with Gasteiger partial charge in [0, 0.05) is 17.3 Å². The predicted octanol–water partition coefficient (Wildman–Crippen LogP) is 4.18. The van der Waals surface area contributed by atoms with E-state index in [4.69, 9.17) is 14.2 Å². The fourth-order valence-electron chi connectivity index (χ4n) is 2.82. The van der Waals surface area contributed by atoms with E-state index in [1.54, 1.807) is 6.07 Å². The SMILES string of the molecule is CC[C@H]1O[C@H](Oc2ccc(Br)cc2C)[C@@H](F)[C@@H](OC(C)=O)[C@@H]1C. The van der Waals surface area contributed by atoms with Gasteiger partial charge in [0.15, 0.2) is 6.17 Å². The number of halogens is 2. The normalized spacial score (nSPS) is 30.8. The van der Waals surface area contributed by atoms with Gasteiger partial charge in [-0.05, 0) is 37.1 Å². The first kappa shape index (κ1) is 18.2. The molecule has 5 atom stereocenters. The van der Waals surface area contributed by atoms with Crippen molar-refractivity contribution < 1.29 is 23.4 Å². The molecule has 6 heteroatoms. The van der Waals surface area contributed by atoms with Crippen molar-refractivity contribution in [2.24, 2.45) is 5.92 Å². The van der Waals surface area contributed by atoms with Gasteiger partial charge in [-0.2, -0.15) is 0 Å². The Morgan fingerprint density at radius 1 is 1.43 bits per heavy atom. The average molecular weight is 389 g/mol. The van der Waals surface area contributed by atoms with Crippen molar-refractivity contribution in [2.75, 3.05) is 0 Å². The lowest BCUT2D eigenvalue weighted by atomic mass is 9.90. The Hall–Kier alpha value is -1.14. The zero-order valence-electron chi connectivity index (χ0n) is 13.7. The van der Waals surface area contributed by atoms with E-state index in [1.165, 1.54) is 6.92 Å². The van der Waals surface area contributed by atoms with Crippen molar-refractivity contribution in [3.05, 3.63) is 28.2 Å². The second-order valence-electron chi connectivity index (χ2n) is 5.86. The Balaban J connectivity index is 2.20. The van der Waals surface area contributed by atoms with E-state index in [2.05, 4.69) is 15.9 Å². The van der Waals surface area contributed by atoms with Crippen LogP contribution in [0.4, 0.5) is 4.39 Å². The summed E-state index contributed by atoms with van der Waals surface area (Å²) < 4.78 is 32.4. The first-order chi connectivity index (χ1) is 10.8. The van der Waals surface area contributed by atoms with Crippen LogP contribution in [-0.2, 0) is 14.3 Å². The maximum atomic E-state index is 14.8. The lowest BCUT2D eigenvalue weighted by molar-refractivity contribution is -0.243. The summed E-state index contributed by atoms with van der Waals surface area (Å²) in [5.41, 5.74) is 0.867. The number of alkyl halides is 1. The van der Waals surface area contributed by atoms with Crippen LogP contribution < -0.4 is 4.74 Å². The molecule has 1 saturated heterocycles. The van der Waals surface area contributed by atoms with Crippen molar-refractivity contribution in [1.82, 2.24) is 0 Å². The van der Waals surface area contributed by atoms with Gasteiger partial charge in [-0.1, -0.05) is 29.8 Å². The minimum atomic E-state index is -1.54. The van der Waals surface area contributed by atoms with Crippen molar-refractivity contribution in [1.29, 1.82) is 0 Å². The van der Waals surface area contributed by atoms with E-state index < -0.39 is 24.5 Å². The van der Waals surface area contributed by atoms with Crippen LogP contribution in [0.1, 0.15) is 32.8 Å². The molecule has 0 N–H and O–H groups in total. The quantitative estimate of drug-likeness (QED) is 0.725.